The van der Waals surface area contributed by atoms with Gasteiger partial charge >= 0.3 is 5.97 Å². The van der Waals surface area contributed by atoms with Crippen molar-refractivity contribution < 1.29 is 14.3 Å². The Morgan fingerprint density at radius 1 is 0.967 bits per heavy atom. The third-order valence-electron chi connectivity index (χ3n) is 6.02. The van der Waals surface area contributed by atoms with Crippen LogP contribution in [0.1, 0.15) is 56.6 Å². The number of carbonyl (C=O) groups is 2. The van der Waals surface area contributed by atoms with Gasteiger partial charge in [0, 0.05) is 17.8 Å². The Morgan fingerprint density at radius 2 is 1.50 bits per heavy atom. The molecule has 158 valence electrons. The first-order chi connectivity index (χ1) is 14.6. The van der Waals surface area contributed by atoms with Crippen LogP contribution in [-0.2, 0) is 14.3 Å². The lowest BCUT2D eigenvalue weighted by atomic mass is 9.83. The lowest BCUT2D eigenvalue weighted by Crippen LogP contribution is -2.41. The van der Waals surface area contributed by atoms with Crippen molar-refractivity contribution in [2.24, 2.45) is 5.92 Å². The Kier molecular flexibility index (Phi) is 7.83. The van der Waals surface area contributed by atoms with E-state index in [0.717, 1.165) is 29.5 Å². The summed E-state index contributed by atoms with van der Waals surface area (Å²) in [7, 11) is 1.32. The molecule has 0 N–H and O–H groups in total. The van der Waals surface area contributed by atoms with Gasteiger partial charge in [-0.1, -0.05) is 79.9 Å². The zero-order chi connectivity index (χ0) is 21.3. The summed E-state index contributed by atoms with van der Waals surface area (Å²) in [6, 6.07) is 20.2. The Balaban J connectivity index is 2.02. The molecule has 1 aliphatic carbocycles. The van der Waals surface area contributed by atoms with Gasteiger partial charge in [-0.15, -0.1) is 0 Å². The van der Waals surface area contributed by atoms with Gasteiger partial charge in [-0.3, -0.25) is 9.59 Å². The van der Waals surface area contributed by atoms with Crippen molar-refractivity contribution in [3.8, 4) is 0 Å². The number of hydrogen-bond acceptors (Lipinski definition) is 3. The summed E-state index contributed by atoms with van der Waals surface area (Å²) in [6.45, 7) is 2.11. The minimum absolute atomic E-state index is 0.0184. The summed E-state index contributed by atoms with van der Waals surface area (Å²) >= 11 is 0. The first kappa shape index (κ1) is 21.8. The number of rotatable bonds is 7. The predicted octanol–water partition coefficient (Wildman–Crippen LogP) is 5.44. The molecule has 1 fully saturated rings. The molecule has 1 amide bonds. The summed E-state index contributed by atoms with van der Waals surface area (Å²) in [5.41, 5.74) is 3.04. The van der Waals surface area contributed by atoms with Gasteiger partial charge in [0.05, 0.1) is 7.11 Å². The Labute approximate surface area is 179 Å². The van der Waals surface area contributed by atoms with Crippen LogP contribution in [0.4, 0.5) is 0 Å². The summed E-state index contributed by atoms with van der Waals surface area (Å²) in [6.07, 6.45) is 7.57. The van der Waals surface area contributed by atoms with E-state index in [1.165, 1.54) is 26.4 Å². The highest BCUT2D eigenvalue weighted by molar-refractivity contribution is 5.95. The Hall–Kier alpha value is -2.88. The minimum Gasteiger partial charge on any atom is -0.469 e. The van der Waals surface area contributed by atoms with E-state index in [0.29, 0.717) is 5.92 Å². The van der Waals surface area contributed by atoms with E-state index in [-0.39, 0.29) is 18.4 Å². The zero-order valence-electron chi connectivity index (χ0n) is 17.9. The topological polar surface area (TPSA) is 46.6 Å². The Bertz CT molecular complexity index is 813. The summed E-state index contributed by atoms with van der Waals surface area (Å²) in [5.74, 6) is -0.288. The molecule has 1 saturated carbocycles. The summed E-state index contributed by atoms with van der Waals surface area (Å²) < 4.78 is 4.76. The highest BCUT2D eigenvalue weighted by Gasteiger charge is 2.29. The number of benzene rings is 2. The van der Waals surface area contributed by atoms with Crippen molar-refractivity contribution in [1.82, 2.24) is 4.90 Å². The highest BCUT2D eigenvalue weighted by Crippen LogP contribution is 2.31. The van der Waals surface area contributed by atoms with E-state index >= 15 is 0 Å². The quantitative estimate of drug-likeness (QED) is 0.455. The van der Waals surface area contributed by atoms with E-state index in [4.69, 9.17) is 4.74 Å². The zero-order valence-corrected chi connectivity index (χ0v) is 17.9. The van der Waals surface area contributed by atoms with Gasteiger partial charge in [-0.05, 0) is 36.8 Å². The van der Waals surface area contributed by atoms with Gasteiger partial charge < -0.3 is 9.64 Å². The SMILES string of the molecule is COC(=O)CC(=O)N(C=C(c1ccccc1)c1ccccc1)C(C)C1CCCCC1. The second kappa shape index (κ2) is 10.8. The van der Waals surface area contributed by atoms with Gasteiger partial charge in [-0.25, -0.2) is 0 Å². The molecular weight excluding hydrogens is 374 g/mol. The van der Waals surface area contributed by atoms with Crippen LogP contribution in [0.15, 0.2) is 66.9 Å². The molecule has 4 nitrogen and oxygen atoms in total. The van der Waals surface area contributed by atoms with Crippen molar-refractivity contribution in [2.45, 2.75) is 51.5 Å². The van der Waals surface area contributed by atoms with Crippen LogP contribution in [0.5, 0.6) is 0 Å². The molecule has 30 heavy (non-hydrogen) atoms. The first-order valence-corrected chi connectivity index (χ1v) is 10.8. The number of methoxy groups -OCH3 is 1. The van der Waals surface area contributed by atoms with Crippen molar-refractivity contribution >= 4 is 17.4 Å². The monoisotopic (exact) mass is 405 g/mol. The van der Waals surface area contributed by atoms with E-state index in [1.54, 1.807) is 4.90 Å². The normalized spacial score (nSPS) is 15.1. The van der Waals surface area contributed by atoms with Crippen LogP contribution in [0.2, 0.25) is 0 Å². The maximum absolute atomic E-state index is 13.2. The van der Waals surface area contributed by atoms with E-state index in [2.05, 4.69) is 6.92 Å². The van der Waals surface area contributed by atoms with Gasteiger partial charge in [0.15, 0.2) is 0 Å². The minimum atomic E-state index is -0.504. The van der Waals surface area contributed by atoms with Crippen LogP contribution in [-0.4, -0.2) is 29.9 Å². The molecule has 0 heterocycles. The van der Waals surface area contributed by atoms with E-state index < -0.39 is 5.97 Å². The standard InChI is InChI=1S/C26H31NO3/c1-20(21-12-6-3-7-13-21)27(25(28)18-26(29)30-2)19-24(22-14-8-4-9-15-22)23-16-10-5-11-17-23/h4-5,8-11,14-17,19-21H,3,6-7,12-13,18H2,1-2H3. The van der Waals surface area contributed by atoms with Crippen LogP contribution in [0, 0.1) is 5.92 Å². The van der Waals surface area contributed by atoms with Gasteiger partial charge in [-0.2, -0.15) is 0 Å². The fourth-order valence-corrected chi connectivity index (χ4v) is 4.24. The van der Waals surface area contributed by atoms with Gasteiger partial charge in [0.2, 0.25) is 5.91 Å². The molecule has 2 aromatic rings. The lowest BCUT2D eigenvalue weighted by Gasteiger charge is -2.35. The molecule has 0 aromatic heterocycles. The summed E-state index contributed by atoms with van der Waals surface area (Å²) in [5, 5.41) is 0. The third-order valence-corrected chi connectivity index (χ3v) is 6.02. The Morgan fingerprint density at radius 3 is 2.00 bits per heavy atom. The molecule has 2 aromatic carbocycles. The molecule has 0 spiro atoms. The van der Waals surface area contributed by atoms with Gasteiger partial charge in [0.25, 0.3) is 0 Å². The van der Waals surface area contributed by atoms with Crippen molar-refractivity contribution in [1.29, 1.82) is 0 Å². The average Bonchev–Trinajstić information content (AvgIpc) is 2.81. The number of hydrogen-bond donors (Lipinski definition) is 0. The largest absolute Gasteiger partial charge is 0.469 e. The second-order valence-electron chi connectivity index (χ2n) is 7.97. The fourth-order valence-electron chi connectivity index (χ4n) is 4.24. The van der Waals surface area contributed by atoms with Gasteiger partial charge in [0.1, 0.15) is 6.42 Å². The number of ether oxygens (including phenoxy) is 1. The van der Waals surface area contributed by atoms with Crippen molar-refractivity contribution in [2.75, 3.05) is 7.11 Å². The molecule has 0 bridgehead atoms. The number of nitrogens with zero attached hydrogens (tertiary/aromatic N) is 1. The second-order valence-corrected chi connectivity index (χ2v) is 7.97. The van der Waals surface area contributed by atoms with Crippen molar-refractivity contribution in [3.05, 3.63) is 78.0 Å². The predicted molar refractivity (Wildman–Crippen MR) is 119 cm³/mol. The molecule has 1 atom stereocenters. The van der Waals surface area contributed by atoms with Crippen LogP contribution >= 0.6 is 0 Å². The molecule has 0 radical (unpaired) electrons. The number of amides is 1. The third kappa shape index (κ3) is 5.59. The smallest absolute Gasteiger partial charge is 0.315 e. The number of carbonyl (C=O) groups excluding carboxylic acids is 2. The molecule has 1 aliphatic rings. The molecule has 4 heteroatoms. The van der Waals surface area contributed by atoms with E-state index in [1.807, 2.05) is 66.9 Å². The van der Waals surface area contributed by atoms with Crippen LogP contribution < -0.4 is 0 Å². The fraction of sp³-hybridized carbons (Fsp3) is 0.385. The summed E-state index contributed by atoms with van der Waals surface area (Å²) in [4.78, 5) is 26.8. The maximum atomic E-state index is 13.2. The molecule has 0 saturated heterocycles. The van der Waals surface area contributed by atoms with E-state index in [9.17, 15) is 9.59 Å². The van der Waals surface area contributed by atoms with Crippen LogP contribution in [0.25, 0.3) is 5.57 Å². The average molecular weight is 406 g/mol. The molecular formula is C26H31NO3. The molecule has 0 aliphatic heterocycles. The maximum Gasteiger partial charge on any atom is 0.315 e. The number of esters is 1. The van der Waals surface area contributed by atoms with Crippen LogP contribution in [0.3, 0.4) is 0 Å². The molecule has 1 unspecified atom stereocenters. The first-order valence-electron chi connectivity index (χ1n) is 10.8. The highest BCUT2D eigenvalue weighted by atomic mass is 16.5. The molecule has 3 rings (SSSR count). The van der Waals surface area contributed by atoms with Crippen molar-refractivity contribution in [3.63, 3.8) is 0 Å². The lowest BCUT2D eigenvalue weighted by molar-refractivity contribution is -0.146.